The Morgan fingerprint density at radius 1 is 0.925 bits per heavy atom. The van der Waals surface area contributed by atoms with Crippen LogP contribution in [0.4, 0.5) is 4.79 Å². The number of aliphatic hydroxyl groups is 1. The van der Waals surface area contributed by atoms with Crippen molar-refractivity contribution >= 4 is 17.9 Å². The van der Waals surface area contributed by atoms with Crippen LogP contribution in [0.5, 0.6) is 5.75 Å². The average molecular weight is 556 g/mol. The number of hydrogen-bond acceptors (Lipinski definition) is 6. The molecule has 2 rings (SSSR count). The largest absolute Gasteiger partial charge is 0.508 e. The van der Waals surface area contributed by atoms with Crippen LogP contribution in [0.1, 0.15) is 83.4 Å². The molecule has 2 aromatic rings. The van der Waals surface area contributed by atoms with Gasteiger partial charge in [-0.25, -0.2) is 4.79 Å². The summed E-state index contributed by atoms with van der Waals surface area (Å²) >= 11 is 0. The summed E-state index contributed by atoms with van der Waals surface area (Å²) in [6.07, 6.45) is 5.00. The van der Waals surface area contributed by atoms with Gasteiger partial charge in [-0.1, -0.05) is 81.5 Å². The zero-order valence-corrected chi connectivity index (χ0v) is 24.2. The minimum Gasteiger partial charge on any atom is -0.508 e. The standard InChI is InChI=1S/C31H45N3O6/c1-5-6-7-8-9-13-20-34(29(38)26(22-35)33-30(39)40-31(2,3)4)27(24-16-18-25(36)19-17-24)28(37)32-21-23-14-11-10-12-15-23/h10-12,14-19,26-27,35-36H,5-9,13,20-22H2,1-4H3,(H,32,37)(H,33,39). The van der Waals surface area contributed by atoms with Crippen molar-refractivity contribution in [1.82, 2.24) is 15.5 Å². The predicted molar refractivity (Wildman–Crippen MR) is 154 cm³/mol. The molecule has 0 aliphatic heterocycles. The average Bonchev–Trinajstić information content (AvgIpc) is 2.91. The normalized spacial score (nSPS) is 12.7. The Labute approximate surface area is 237 Å². The van der Waals surface area contributed by atoms with Crippen LogP contribution in [-0.4, -0.2) is 57.8 Å². The molecule has 0 heterocycles. The zero-order valence-electron chi connectivity index (χ0n) is 24.2. The van der Waals surface area contributed by atoms with Crippen LogP contribution in [0.2, 0.25) is 0 Å². The third-order valence-electron chi connectivity index (χ3n) is 6.29. The number of nitrogens with zero attached hydrogens (tertiary/aromatic N) is 1. The van der Waals surface area contributed by atoms with Crippen molar-refractivity contribution in [2.75, 3.05) is 13.2 Å². The molecule has 0 bridgehead atoms. The second-order valence-corrected chi connectivity index (χ2v) is 10.9. The SMILES string of the molecule is CCCCCCCCN(C(=O)C(CO)NC(=O)OC(C)(C)C)C(C(=O)NCc1ccccc1)c1ccc(O)cc1. The van der Waals surface area contributed by atoms with Gasteiger partial charge < -0.3 is 30.5 Å². The number of phenols is 1. The first-order valence-electron chi connectivity index (χ1n) is 14.1. The quantitative estimate of drug-likeness (QED) is 0.233. The molecule has 0 aliphatic rings. The van der Waals surface area contributed by atoms with Crippen molar-refractivity contribution in [3.05, 3.63) is 65.7 Å². The van der Waals surface area contributed by atoms with Crippen LogP contribution < -0.4 is 10.6 Å². The fraction of sp³-hybridized carbons (Fsp3) is 0.516. The van der Waals surface area contributed by atoms with E-state index in [4.69, 9.17) is 4.74 Å². The lowest BCUT2D eigenvalue weighted by Crippen LogP contribution is -2.54. The third-order valence-corrected chi connectivity index (χ3v) is 6.29. The number of aliphatic hydroxyl groups excluding tert-OH is 1. The van der Waals surface area contributed by atoms with Gasteiger partial charge in [0.1, 0.15) is 23.4 Å². The number of benzene rings is 2. The summed E-state index contributed by atoms with van der Waals surface area (Å²) < 4.78 is 5.29. The van der Waals surface area contributed by atoms with E-state index in [2.05, 4.69) is 17.6 Å². The van der Waals surface area contributed by atoms with Crippen LogP contribution in [0.25, 0.3) is 0 Å². The molecule has 2 atom stereocenters. The predicted octanol–water partition coefficient (Wildman–Crippen LogP) is 4.82. The van der Waals surface area contributed by atoms with Gasteiger partial charge in [-0.15, -0.1) is 0 Å². The van der Waals surface area contributed by atoms with Crippen LogP contribution in [0.15, 0.2) is 54.6 Å². The number of nitrogens with one attached hydrogen (secondary N) is 2. The zero-order chi connectivity index (χ0) is 29.5. The Morgan fingerprint density at radius 2 is 1.55 bits per heavy atom. The number of rotatable bonds is 15. The van der Waals surface area contributed by atoms with E-state index in [-0.39, 0.29) is 18.8 Å². The minimum atomic E-state index is -1.31. The number of carbonyl (C=O) groups excluding carboxylic acids is 3. The number of amides is 3. The fourth-order valence-corrected chi connectivity index (χ4v) is 4.28. The number of carbonyl (C=O) groups is 3. The molecule has 0 aromatic heterocycles. The lowest BCUT2D eigenvalue weighted by atomic mass is 10.0. The van der Waals surface area contributed by atoms with Crippen LogP contribution in [0, 0.1) is 0 Å². The number of ether oxygens (including phenoxy) is 1. The Morgan fingerprint density at radius 3 is 2.15 bits per heavy atom. The summed E-state index contributed by atoms with van der Waals surface area (Å²) in [5.41, 5.74) is 0.600. The lowest BCUT2D eigenvalue weighted by Gasteiger charge is -2.34. The molecule has 40 heavy (non-hydrogen) atoms. The minimum absolute atomic E-state index is 0.0285. The first-order chi connectivity index (χ1) is 19.1. The summed E-state index contributed by atoms with van der Waals surface area (Å²) in [6, 6.07) is 13.2. The highest BCUT2D eigenvalue weighted by molar-refractivity contribution is 5.92. The van der Waals surface area contributed by atoms with Gasteiger partial charge in [-0.2, -0.15) is 0 Å². The van der Waals surface area contributed by atoms with Crippen molar-refractivity contribution in [2.45, 2.75) is 90.4 Å². The first-order valence-corrected chi connectivity index (χ1v) is 14.1. The Kier molecular flexibility index (Phi) is 13.5. The van der Waals surface area contributed by atoms with Gasteiger partial charge in [-0.3, -0.25) is 9.59 Å². The van der Waals surface area contributed by atoms with Gasteiger partial charge in [-0.05, 0) is 50.5 Å². The van der Waals surface area contributed by atoms with Crippen LogP contribution in [-0.2, 0) is 20.9 Å². The van der Waals surface area contributed by atoms with Crippen molar-refractivity contribution < 1.29 is 29.3 Å². The molecule has 0 radical (unpaired) electrons. The number of aromatic hydroxyl groups is 1. The monoisotopic (exact) mass is 555 g/mol. The summed E-state index contributed by atoms with van der Waals surface area (Å²) in [7, 11) is 0. The van der Waals surface area contributed by atoms with Gasteiger partial charge in [0, 0.05) is 13.1 Å². The maximum Gasteiger partial charge on any atom is 0.408 e. The van der Waals surface area contributed by atoms with Gasteiger partial charge >= 0.3 is 6.09 Å². The fourth-order valence-electron chi connectivity index (χ4n) is 4.28. The van der Waals surface area contributed by atoms with Gasteiger partial charge in [0.05, 0.1) is 6.61 Å². The second kappa shape index (κ2) is 16.5. The van der Waals surface area contributed by atoms with E-state index in [1.165, 1.54) is 17.0 Å². The van der Waals surface area contributed by atoms with E-state index >= 15 is 0 Å². The van der Waals surface area contributed by atoms with Gasteiger partial charge in [0.15, 0.2) is 0 Å². The van der Waals surface area contributed by atoms with Crippen molar-refractivity contribution in [2.24, 2.45) is 0 Å². The third kappa shape index (κ3) is 11.3. The van der Waals surface area contributed by atoms with E-state index in [9.17, 15) is 24.6 Å². The molecule has 2 aromatic carbocycles. The molecular weight excluding hydrogens is 510 g/mol. The van der Waals surface area contributed by atoms with E-state index in [0.29, 0.717) is 12.0 Å². The van der Waals surface area contributed by atoms with E-state index < -0.39 is 42.2 Å². The summed E-state index contributed by atoms with van der Waals surface area (Å²) in [5.74, 6) is -0.987. The van der Waals surface area contributed by atoms with Gasteiger partial charge in [0.25, 0.3) is 0 Å². The molecule has 0 saturated heterocycles. The van der Waals surface area contributed by atoms with Crippen molar-refractivity contribution in [3.63, 3.8) is 0 Å². The summed E-state index contributed by atoms with van der Waals surface area (Å²) in [6.45, 7) is 7.07. The molecule has 3 amide bonds. The van der Waals surface area contributed by atoms with E-state index in [0.717, 1.165) is 37.7 Å². The van der Waals surface area contributed by atoms with Crippen LogP contribution in [0.3, 0.4) is 0 Å². The van der Waals surface area contributed by atoms with Crippen molar-refractivity contribution in [3.8, 4) is 5.75 Å². The number of hydrogen-bond donors (Lipinski definition) is 4. The second-order valence-electron chi connectivity index (χ2n) is 10.9. The smallest absolute Gasteiger partial charge is 0.408 e. The van der Waals surface area contributed by atoms with E-state index in [1.54, 1.807) is 32.9 Å². The highest BCUT2D eigenvalue weighted by Gasteiger charge is 2.36. The topological polar surface area (TPSA) is 128 Å². The molecule has 0 aliphatic carbocycles. The highest BCUT2D eigenvalue weighted by atomic mass is 16.6. The molecule has 0 spiro atoms. The first kappa shape index (κ1) is 32.6. The molecule has 220 valence electrons. The number of unbranched alkanes of at least 4 members (excludes halogenated alkanes) is 5. The van der Waals surface area contributed by atoms with Crippen molar-refractivity contribution in [1.29, 1.82) is 0 Å². The molecule has 0 saturated carbocycles. The summed E-state index contributed by atoms with van der Waals surface area (Å²) in [5, 5.41) is 25.3. The lowest BCUT2D eigenvalue weighted by molar-refractivity contribution is -0.143. The number of alkyl carbamates (subject to hydrolysis) is 1. The highest BCUT2D eigenvalue weighted by Crippen LogP contribution is 2.25. The van der Waals surface area contributed by atoms with E-state index in [1.807, 2.05) is 30.3 Å². The molecule has 2 unspecified atom stereocenters. The van der Waals surface area contributed by atoms with Gasteiger partial charge in [0.2, 0.25) is 11.8 Å². The number of phenolic OH excluding ortho intramolecular Hbond substituents is 1. The maximum atomic E-state index is 13.9. The molecule has 9 nitrogen and oxygen atoms in total. The Balaban J connectivity index is 2.36. The summed E-state index contributed by atoms with van der Waals surface area (Å²) in [4.78, 5) is 41.4. The Hall–Kier alpha value is -3.59. The Bertz CT molecular complexity index is 1050. The molecule has 0 fully saturated rings. The van der Waals surface area contributed by atoms with Crippen LogP contribution >= 0.6 is 0 Å². The maximum absolute atomic E-state index is 13.9. The molecular formula is C31H45N3O6. The molecule has 4 N–H and O–H groups in total. The molecule has 9 heteroatoms.